The monoisotopic (exact) mass is 343 g/mol. The van der Waals surface area contributed by atoms with E-state index < -0.39 is 6.04 Å². The van der Waals surface area contributed by atoms with Gasteiger partial charge in [-0.15, -0.1) is 0 Å². The number of hydrogen-bond acceptors (Lipinski definition) is 4. The summed E-state index contributed by atoms with van der Waals surface area (Å²) in [4.78, 5) is 28.7. The molecule has 1 atom stereocenters. The number of benzene rings is 1. The molecule has 0 bridgehead atoms. The fourth-order valence-corrected chi connectivity index (χ4v) is 3.54. The number of thiophene rings is 1. The van der Waals surface area contributed by atoms with Gasteiger partial charge in [0.2, 0.25) is 5.91 Å². The van der Waals surface area contributed by atoms with Crippen molar-refractivity contribution in [2.75, 3.05) is 26.2 Å². The number of nitrogens with two attached hydrogens (primary N) is 1. The Morgan fingerprint density at radius 3 is 2.42 bits per heavy atom. The van der Waals surface area contributed by atoms with Crippen LogP contribution in [0.5, 0.6) is 0 Å². The lowest BCUT2D eigenvalue weighted by Crippen LogP contribution is -2.41. The van der Waals surface area contributed by atoms with Gasteiger partial charge in [0.1, 0.15) is 6.04 Å². The van der Waals surface area contributed by atoms with E-state index in [1.807, 2.05) is 52.1 Å². The highest BCUT2D eigenvalue weighted by atomic mass is 32.1. The van der Waals surface area contributed by atoms with E-state index in [2.05, 4.69) is 0 Å². The van der Waals surface area contributed by atoms with Crippen LogP contribution in [-0.2, 0) is 4.79 Å². The van der Waals surface area contributed by atoms with Gasteiger partial charge < -0.3 is 15.5 Å². The van der Waals surface area contributed by atoms with Crippen molar-refractivity contribution >= 4 is 23.2 Å². The Balaban J connectivity index is 1.63. The van der Waals surface area contributed by atoms with Crippen LogP contribution in [0.2, 0.25) is 0 Å². The maximum absolute atomic E-state index is 12.7. The summed E-state index contributed by atoms with van der Waals surface area (Å²) in [6.45, 7) is 2.36. The van der Waals surface area contributed by atoms with Crippen LogP contribution in [0.25, 0.3) is 0 Å². The van der Waals surface area contributed by atoms with Gasteiger partial charge in [-0.05, 0) is 23.4 Å². The predicted octanol–water partition coefficient (Wildman–Crippen LogP) is 2.12. The molecule has 0 radical (unpaired) electrons. The van der Waals surface area contributed by atoms with Crippen LogP contribution in [0.15, 0.2) is 47.2 Å². The van der Waals surface area contributed by atoms with Crippen LogP contribution >= 0.6 is 11.3 Å². The van der Waals surface area contributed by atoms with E-state index in [4.69, 9.17) is 5.73 Å². The summed E-state index contributed by atoms with van der Waals surface area (Å²) < 4.78 is 0. The third kappa shape index (κ3) is 3.66. The Labute approximate surface area is 145 Å². The predicted molar refractivity (Wildman–Crippen MR) is 94.8 cm³/mol. The van der Waals surface area contributed by atoms with Crippen LogP contribution in [0.1, 0.15) is 28.4 Å². The van der Waals surface area contributed by atoms with Crippen LogP contribution in [0.4, 0.5) is 0 Å². The lowest BCUT2D eigenvalue weighted by Gasteiger charge is -2.24. The minimum absolute atomic E-state index is 0.0397. The van der Waals surface area contributed by atoms with Gasteiger partial charge >= 0.3 is 0 Å². The minimum Gasteiger partial charge on any atom is -0.339 e. The van der Waals surface area contributed by atoms with Crippen molar-refractivity contribution in [3.05, 3.63) is 58.3 Å². The second-order valence-corrected chi connectivity index (χ2v) is 6.65. The summed E-state index contributed by atoms with van der Waals surface area (Å²) in [6, 6.07) is 10.6. The summed E-state index contributed by atoms with van der Waals surface area (Å²) in [6.07, 6.45) is 0.767. The molecule has 2 aromatic rings. The molecule has 1 unspecified atom stereocenters. The Bertz CT molecular complexity index is 688. The van der Waals surface area contributed by atoms with Crippen molar-refractivity contribution in [2.45, 2.75) is 12.5 Å². The standard InChI is InChI=1S/C18H21N3O2S/c19-16(14-5-2-1-3-6-14)18(23)21-9-4-8-20(10-11-21)17(22)15-7-12-24-13-15/h1-3,5-7,12-13,16H,4,8-11,19H2. The minimum atomic E-state index is -0.648. The molecule has 5 nitrogen and oxygen atoms in total. The maximum Gasteiger partial charge on any atom is 0.254 e. The first-order valence-electron chi connectivity index (χ1n) is 8.07. The Hall–Kier alpha value is -2.18. The van der Waals surface area contributed by atoms with Gasteiger partial charge in [-0.1, -0.05) is 30.3 Å². The third-order valence-electron chi connectivity index (χ3n) is 4.29. The van der Waals surface area contributed by atoms with E-state index in [-0.39, 0.29) is 11.8 Å². The lowest BCUT2D eigenvalue weighted by atomic mass is 10.1. The topological polar surface area (TPSA) is 66.6 Å². The SMILES string of the molecule is NC(C(=O)N1CCCN(C(=O)c2ccsc2)CC1)c1ccccc1. The van der Waals surface area contributed by atoms with Crippen LogP contribution in [0, 0.1) is 0 Å². The van der Waals surface area contributed by atoms with E-state index in [1.54, 1.807) is 4.90 Å². The van der Waals surface area contributed by atoms with Gasteiger partial charge in [0, 0.05) is 31.6 Å². The summed E-state index contributed by atoms with van der Waals surface area (Å²) in [5.74, 6) is -0.0380. The molecule has 3 rings (SSSR count). The fourth-order valence-electron chi connectivity index (χ4n) is 2.91. The molecule has 0 spiro atoms. The quantitative estimate of drug-likeness (QED) is 0.928. The highest BCUT2D eigenvalue weighted by Crippen LogP contribution is 2.16. The van der Waals surface area contributed by atoms with E-state index in [0.717, 1.165) is 17.5 Å². The Kier molecular flexibility index (Phi) is 5.27. The molecule has 6 heteroatoms. The van der Waals surface area contributed by atoms with E-state index in [0.29, 0.717) is 26.2 Å². The molecular weight excluding hydrogens is 322 g/mol. The number of carbonyl (C=O) groups excluding carboxylic acids is 2. The van der Waals surface area contributed by atoms with Gasteiger partial charge in [-0.3, -0.25) is 9.59 Å². The van der Waals surface area contributed by atoms with E-state index in [1.165, 1.54) is 11.3 Å². The van der Waals surface area contributed by atoms with Crippen molar-refractivity contribution < 1.29 is 9.59 Å². The molecule has 1 saturated heterocycles. The second kappa shape index (κ2) is 7.59. The third-order valence-corrected chi connectivity index (χ3v) is 4.97. The van der Waals surface area contributed by atoms with Gasteiger partial charge in [0.25, 0.3) is 5.91 Å². The fraction of sp³-hybridized carbons (Fsp3) is 0.333. The highest BCUT2D eigenvalue weighted by Gasteiger charge is 2.26. The summed E-state index contributed by atoms with van der Waals surface area (Å²) >= 11 is 1.52. The molecule has 0 saturated carbocycles. The first kappa shape index (κ1) is 16.7. The van der Waals surface area contributed by atoms with Crippen LogP contribution in [-0.4, -0.2) is 47.8 Å². The van der Waals surface area contributed by atoms with Gasteiger partial charge in [0.05, 0.1) is 5.56 Å². The second-order valence-electron chi connectivity index (χ2n) is 5.87. The zero-order chi connectivity index (χ0) is 16.9. The van der Waals surface area contributed by atoms with Crippen LogP contribution < -0.4 is 5.73 Å². The molecule has 1 aromatic heterocycles. The highest BCUT2D eigenvalue weighted by molar-refractivity contribution is 7.08. The van der Waals surface area contributed by atoms with Gasteiger partial charge in [-0.2, -0.15) is 11.3 Å². The molecule has 24 heavy (non-hydrogen) atoms. The van der Waals surface area contributed by atoms with Crippen molar-refractivity contribution in [3.8, 4) is 0 Å². The smallest absolute Gasteiger partial charge is 0.254 e. The normalized spacial score (nSPS) is 16.5. The maximum atomic E-state index is 12.7. The molecule has 1 aliphatic rings. The number of amides is 2. The molecule has 2 N–H and O–H groups in total. The molecular formula is C18H21N3O2S. The molecule has 0 aliphatic carbocycles. The van der Waals surface area contributed by atoms with E-state index in [9.17, 15) is 9.59 Å². The lowest BCUT2D eigenvalue weighted by molar-refractivity contribution is -0.132. The molecule has 1 fully saturated rings. The zero-order valence-corrected chi connectivity index (χ0v) is 14.2. The first-order chi connectivity index (χ1) is 11.7. The van der Waals surface area contributed by atoms with E-state index >= 15 is 0 Å². The average molecular weight is 343 g/mol. The number of rotatable bonds is 3. The number of nitrogens with zero attached hydrogens (tertiary/aromatic N) is 2. The molecule has 2 amide bonds. The molecule has 126 valence electrons. The van der Waals surface area contributed by atoms with Gasteiger partial charge in [-0.25, -0.2) is 0 Å². The molecule has 1 aromatic carbocycles. The van der Waals surface area contributed by atoms with Crippen molar-refractivity contribution in [1.29, 1.82) is 0 Å². The van der Waals surface area contributed by atoms with Crippen molar-refractivity contribution in [2.24, 2.45) is 5.73 Å². The number of carbonyl (C=O) groups is 2. The molecule has 2 heterocycles. The average Bonchev–Trinajstić information content (AvgIpc) is 3.05. The Morgan fingerprint density at radius 1 is 1.00 bits per heavy atom. The summed E-state index contributed by atoms with van der Waals surface area (Å²) in [5, 5.41) is 3.77. The molecule has 1 aliphatic heterocycles. The van der Waals surface area contributed by atoms with Crippen molar-refractivity contribution in [1.82, 2.24) is 9.80 Å². The Morgan fingerprint density at radius 2 is 1.71 bits per heavy atom. The summed E-state index contributed by atoms with van der Waals surface area (Å²) in [7, 11) is 0. The van der Waals surface area contributed by atoms with Crippen molar-refractivity contribution in [3.63, 3.8) is 0 Å². The van der Waals surface area contributed by atoms with Crippen LogP contribution in [0.3, 0.4) is 0 Å². The zero-order valence-electron chi connectivity index (χ0n) is 13.4. The summed E-state index contributed by atoms with van der Waals surface area (Å²) in [5.41, 5.74) is 7.66. The van der Waals surface area contributed by atoms with Gasteiger partial charge in [0.15, 0.2) is 0 Å². The largest absolute Gasteiger partial charge is 0.339 e. The number of hydrogen-bond donors (Lipinski definition) is 1. The first-order valence-corrected chi connectivity index (χ1v) is 9.02.